The Hall–Kier alpha value is -6.98. The smallest absolute Gasteiger partial charge is 0.150 e. The molecule has 0 saturated carbocycles. The maximum Gasteiger partial charge on any atom is 0.150 e. The van der Waals surface area contributed by atoms with Gasteiger partial charge < -0.3 is 8.83 Å². The van der Waals surface area contributed by atoms with Gasteiger partial charge in [-0.25, -0.2) is 0 Å². The summed E-state index contributed by atoms with van der Waals surface area (Å²) in [5, 5.41) is 9.55. The van der Waals surface area contributed by atoms with Crippen LogP contribution < -0.4 is 8.97 Å². The Labute approximate surface area is 335 Å². The van der Waals surface area contributed by atoms with Gasteiger partial charge in [0.25, 0.3) is 0 Å². The standard InChI is InChI=1S/C54H38N2O2/c1-55(2)43-29-42-44(30-41(43)51-45(55)27-39(35-23-13-17-31-15-5-7-19-33(31)35)49-37-21-9-11-25-47(37)57-53(49)51)56(3,4)46-28-40(36-24-14-18-32-16-6-8-20-34(32)36)50-38-22-10-12-26-48(38)58-54(50)52(42)46/h5-30H,1-4H3/q+2. The Morgan fingerprint density at radius 3 is 1.14 bits per heavy atom. The van der Waals surface area contributed by atoms with Crippen molar-refractivity contribution in [2.45, 2.75) is 0 Å². The third kappa shape index (κ3) is 3.96. The van der Waals surface area contributed by atoms with Gasteiger partial charge in [-0.05, 0) is 55.9 Å². The van der Waals surface area contributed by atoms with Crippen LogP contribution in [0.3, 0.4) is 0 Å². The van der Waals surface area contributed by atoms with E-state index >= 15 is 0 Å². The molecule has 0 unspecified atom stereocenters. The molecule has 9 aromatic carbocycles. The van der Waals surface area contributed by atoms with Crippen LogP contribution in [-0.4, -0.2) is 28.2 Å². The molecule has 0 fully saturated rings. The zero-order valence-corrected chi connectivity index (χ0v) is 32.7. The van der Waals surface area contributed by atoms with Crippen molar-refractivity contribution in [3.8, 4) is 44.5 Å². The fourth-order valence-corrected chi connectivity index (χ4v) is 10.7. The van der Waals surface area contributed by atoms with E-state index in [9.17, 15) is 0 Å². The number of quaternary nitrogens is 2. The van der Waals surface area contributed by atoms with Gasteiger partial charge in [0.2, 0.25) is 0 Å². The zero-order valence-electron chi connectivity index (χ0n) is 32.7. The fraction of sp³-hybridized carbons (Fsp3) is 0.0741. The number of furan rings is 2. The second-order valence-corrected chi connectivity index (χ2v) is 17.1. The summed E-state index contributed by atoms with van der Waals surface area (Å²) in [5.74, 6) is 0. The minimum absolute atomic E-state index is 0.586. The minimum atomic E-state index is 0.586. The average Bonchev–Trinajstić information content (AvgIpc) is 3.95. The van der Waals surface area contributed by atoms with Crippen LogP contribution in [0.4, 0.5) is 22.7 Å². The normalized spacial score (nSPS) is 14.8. The summed E-state index contributed by atoms with van der Waals surface area (Å²) >= 11 is 0. The molecule has 2 aliphatic heterocycles. The molecule has 13 rings (SSSR count). The lowest BCUT2D eigenvalue weighted by molar-refractivity contribution is 0.562. The third-order valence-corrected chi connectivity index (χ3v) is 13.5. The summed E-state index contributed by atoms with van der Waals surface area (Å²) in [6, 6.07) is 57.6. The third-order valence-electron chi connectivity index (χ3n) is 13.5. The number of rotatable bonds is 2. The van der Waals surface area contributed by atoms with Gasteiger partial charge in [0, 0.05) is 45.8 Å². The van der Waals surface area contributed by atoms with Gasteiger partial charge in [-0.15, -0.1) is 0 Å². The number of nitrogens with zero attached hydrogens (tertiary/aromatic N) is 2. The van der Waals surface area contributed by atoms with Crippen molar-refractivity contribution >= 4 is 88.2 Å². The van der Waals surface area contributed by atoms with Crippen molar-refractivity contribution in [3.63, 3.8) is 0 Å². The molecule has 2 aromatic heterocycles. The summed E-state index contributed by atoms with van der Waals surface area (Å²) in [5.41, 5.74) is 18.3. The zero-order chi connectivity index (χ0) is 38.7. The highest BCUT2D eigenvalue weighted by atomic mass is 16.3. The van der Waals surface area contributed by atoms with Crippen molar-refractivity contribution in [2.24, 2.45) is 0 Å². The molecule has 0 aliphatic carbocycles. The topological polar surface area (TPSA) is 26.3 Å². The van der Waals surface area contributed by atoms with E-state index in [1.54, 1.807) is 0 Å². The summed E-state index contributed by atoms with van der Waals surface area (Å²) in [6.45, 7) is 0. The van der Waals surface area contributed by atoms with E-state index in [0.717, 1.165) is 33.1 Å². The summed E-state index contributed by atoms with van der Waals surface area (Å²) in [7, 11) is 9.31. The van der Waals surface area contributed by atoms with E-state index < -0.39 is 0 Å². The van der Waals surface area contributed by atoms with E-state index in [-0.39, 0.29) is 0 Å². The van der Waals surface area contributed by atoms with Crippen molar-refractivity contribution in [3.05, 3.63) is 158 Å². The Morgan fingerprint density at radius 1 is 0.328 bits per heavy atom. The minimum Gasteiger partial charge on any atom is -0.455 e. The summed E-state index contributed by atoms with van der Waals surface area (Å²) in [4.78, 5) is 0. The molecule has 0 amide bonds. The van der Waals surface area contributed by atoms with Gasteiger partial charge in [-0.3, -0.25) is 8.97 Å². The van der Waals surface area contributed by atoms with Gasteiger partial charge >= 0.3 is 0 Å². The van der Waals surface area contributed by atoms with Crippen molar-refractivity contribution in [2.75, 3.05) is 28.2 Å². The average molecular weight is 747 g/mol. The van der Waals surface area contributed by atoms with Gasteiger partial charge in [0.05, 0.1) is 50.4 Å². The SMILES string of the molecule is C[N+]1(C)c2cc3c(cc2-c2c1cc(-c1cccc4ccccc14)c1c2oc2ccccc21)[N+](C)(C)c1cc(-c2cccc4ccccc24)c2c(oc4ccccc42)c1-3. The van der Waals surface area contributed by atoms with Gasteiger partial charge in [-0.1, -0.05) is 121 Å². The highest BCUT2D eigenvalue weighted by molar-refractivity contribution is 6.25. The highest BCUT2D eigenvalue weighted by Gasteiger charge is 2.48. The molecule has 0 N–H and O–H groups in total. The van der Waals surface area contributed by atoms with Crippen molar-refractivity contribution in [1.82, 2.24) is 8.97 Å². The van der Waals surface area contributed by atoms with Crippen LogP contribution in [-0.2, 0) is 0 Å². The maximum absolute atomic E-state index is 7.01. The largest absolute Gasteiger partial charge is 0.455 e. The fourth-order valence-electron chi connectivity index (χ4n) is 10.7. The van der Waals surface area contributed by atoms with Crippen molar-refractivity contribution < 1.29 is 8.83 Å². The molecule has 0 radical (unpaired) electrons. The Bertz CT molecular complexity index is 3380. The molecule has 2 aliphatic rings. The number of para-hydroxylation sites is 2. The van der Waals surface area contributed by atoms with Crippen LogP contribution in [0.15, 0.2) is 167 Å². The first-order valence-corrected chi connectivity index (χ1v) is 20.1. The van der Waals surface area contributed by atoms with E-state index in [2.05, 4.69) is 186 Å². The van der Waals surface area contributed by atoms with Gasteiger partial charge in [0.1, 0.15) is 45.1 Å². The van der Waals surface area contributed by atoms with Crippen molar-refractivity contribution in [1.29, 1.82) is 0 Å². The van der Waals surface area contributed by atoms with Crippen LogP contribution in [0.25, 0.3) is 110 Å². The predicted octanol–water partition coefficient (Wildman–Crippen LogP) is 14.9. The quantitative estimate of drug-likeness (QED) is 0.165. The number of fused-ring (bicyclic) bond motifs is 16. The van der Waals surface area contributed by atoms with Gasteiger partial charge in [-0.2, -0.15) is 0 Å². The number of benzene rings is 9. The molecule has 0 spiro atoms. The molecule has 4 heteroatoms. The lowest BCUT2D eigenvalue weighted by Crippen LogP contribution is -2.33. The molecule has 0 atom stereocenters. The molecule has 11 aromatic rings. The first kappa shape index (κ1) is 32.1. The predicted molar refractivity (Wildman–Crippen MR) is 244 cm³/mol. The molecular formula is C54H38N2O2+2. The van der Waals surface area contributed by atoms with Crippen LogP contribution in [0.1, 0.15) is 0 Å². The van der Waals surface area contributed by atoms with E-state index in [0.29, 0.717) is 8.97 Å². The maximum atomic E-state index is 7.01. The first-order chi connectivity index (χ1) is 28.3. The Kier molecular flexibility index (Phi) is 6.04. The summed E-state index contributed by atoms with van der Waals surface area (Å²) in [6.07, 6.45) is 0. The molecule has 58 heavy (non-hydrogen) atoms. The molecule has 0 saturated heterocycles. The molecule has 0 bridgehead atoms. The van der Waals surface area contributed by atoms with E-state index in [1.807, 2.05) is 0 Å². The molecule has 274 valence electrons. The van der Waals surface area contributed by atoms with Gasteiger partial charge in [0.15, 0.2) is 0 Å². The molecule has 4 heterocycles. The molecule has 4 nitrogen and oxygen atoms in total. The van der Waals surface area contributed by atoms with Crippen LogP contribution in [0, 0.1) is 0 Å². The van der Waals surface area contributed by atoms with Crippen LogP contribution >= 0.6 is 0 Å². The highest BCUT2D eigenvalue weighted by Crippen LogP contribution is 2.64. The number of hydrogen-bond acceptors (Lipinski definition) is 2. The lowest BCUT2D eigenvalue weighted by Gasteiger charge is -2.27. The lowest BCUT2D eigenvalue weighted by atomic mass is 9.90. The van der Waals surface area contributed by atoms with E-state index in [1.165, 1.54) is 99.6 Å². The first-order valence-electron chi connectivity index (χ1n) is 20.1. The second kappa shape index (κ2) is 10.9. The monoisotopic (exact) mass is 746 g/mol. The molecular weight excluding hydrogens is 709 g/mol. The van der Waals surface area contributed by atoms with Crippen LogP contribution in [0.5, 0.6) is 0 Å². The second-order valence-electron chi connectivity index (χ2n) is 17.1. The number of hydrogen-bond donors (Lipinski definition) is 0. The van der Waals surface area contributed by atoms with E-state index in [4.69, 9.17) is 8.83 Å². The Balaban J connectivity index is 1.12. The van der Waals surface area contributed by atoms with Crippen LogP contribution in [0.2, 0.25) is 0 Å². The summed E-state index contributed by atoms with van der Waals surface area (Å²) < 4.78 is 15.2. The Morgan fingerprint density at radius 2 is 0.690 bits per heavy atom.